The molecule has 0 aliphatic carbocycles. The van der Waals surface area contributed by atoms with Crippen LogP contribution in [-0.2, 0) is 0 Å². The van der Waals surface area contributed by atoms with Gasteiger partial charge in [-0.05, 0) is 42.5 Å². The fourth-order valence-electron chi connectivity index (χ4n) is 1.93. The molecular weight excluding hydrogens is 250 g/mol. The number of hydrogen-bond acceptors (Lipinski definition) is 4. The number of ether oxygens (including phenoxy) is 1. The summed E-state index contributed by atoms with van der Waals surface area (Å²) in [5, 5.41) is 9.82. The zero-order valence-corrected chi connectivity index (χ0v) is 10.6. The van der Waals surface area contributed by atoms with Gasteiger partial charge in [0, 0.05) is 17.1 Å². The summed E-state index contributed by atoms with van der Waals surface area (Å²) < 4.78 is 5.67. The lowest BCUT2D eigenvalue weighted by Gasteiger charge is -2.06. The van der Waals surface area contributed by atoms with Crippen LogP contribution in [-0.4, -0.2) is 4.98 Å². The number of nitriles is 1. The molecule has 3 rings (SSSR count). The van der Waals surface area contributed by atoms with Gasteiger partial charge in [0.25, 0.3) is 0 Å². The largest absolute Gasteiger partial charge is 0.439 e. The summed E-state index contributed by atoms with van der Waals surface area (Å²) in [6, 6.07) is 18.2. The molecule has 0 saturated heterocycles. The summed E-state index contributed by atoms with van der Waals surface area (Å²) >= 11 is 0. The van der Waals surface area contributed by atoms with E-state index < -0.39 is 0 Å². The lowest BCUT2D eigenvalue weighted by atomic mass is 10.2. The van der Waals surface area contributed by atoms with Crippen LogP contribution < -0.4 is 10.5 Å². The minimum absolute atomic E-state index is 0.484. The van der Waals surface area contributed by atoms with Crippen molar-refractivity contribution in [2.24, 2.45) is 0 Å². The van der Waals surface area contributed by atoms with Gasteiger partial charge >= 0.3 is 0 Å². The highest BCUT2D eigenvalue weighted by Crippen LogP contribution is 2.24. The van der Waals surface area contributed by atoms with Crippen molar-refractivity contribution in [1.29, 1.82) is 5.26 Å². The van der Waals surface area contributed by atoms with E-state index in [-0.39, 0.29) is 0 Å². The molecule has 3 aromatic rings. The van der Waals surface area contributed by atoms with Crippen LogP contribution in [0.1, 0.15) is 5.56 Å². The maximum Gasteiger partial charge on any atom is 0.219 e. The van der Waals surface area contributed by atoms with E-state index in [0.29, 0.717) is 22.9 Å². The monoisotopic (exact) mass is 261 g/mol. The quantitative estimate of drug-likeness (QED) is 0.717. The Labute approximate surface area is 116 Å². The first kappa shape index (κ1) is 12.0. The van der Waals surface area contributed by atoms with Crippen LogP contribution in [0, 0.1) is 11.3 Å². The van der Waals surface area contributed by atoms with Crippen molar-refractivity contribution in [1.82, 2.24) is 4.98 Å². The number of fused-ring (bicyclic) bond motifs is 1. The van der Waals surface area contributed by atoms with E-state index in [4.69, 9.17) is 15.7 Å². The molecule has 0 radical (unpaired) electrons. The summed E-state index contributed by atoms with van der Waals surface area (Å²) in [7, 11) is 0. The number of rotatable bonds is 2. The zero-order valence-electron chi connectivity index (χ0n) is 10.6. The molecule has 0 fully saturated rings. The maximum atomic E-state index is 8.86. The summed E-state index contributed by atoms with van der Waals surface area (Å²) in [5.74, 6) is 1.07. The van der Waals surface area contributed by atoms with Gasteiger partial charge in [0.2, 0.25) is 5.88 Å². The first-order valence-electron chi connectivity index (χ1n) is 6.09. The van der Waals surface area contributed by atoms with Gasteiger partial charge in [-0.25, -0.2) is 4.98 Å². The van der Waals surface area contributed by atoms with E-state index in [1.54, 1.807) is 36.4 Å². The Morgan fingerprint density at radius 3 is 2.80 bits per heavy atom. The van der Waals surface area contributed by atoms with E-state index in [2.05, 4.69) is 11.1 Å². The molecule has 96 valence electrons. The summed E-state index contributed by atoms with van der Waals surface area (Å²) in [4.78, 5) is 4.41. The summed E-state index contributed by atoms with van der Waals surface area (Å²) in [6.45, 7) is 0. The van der Waals surface area contributed by atoms with Gasteiger partial charge in [-0.3, -0.25) is 0 Å². The Balaban J connectivity index is 1.94. The number of benzene rings is 2. The fraction of sp³-hybridized carbons (Fsp3) is 0. The third kappa shape index (κ3) is 2.38. The average molecular weight is 261 g/mol. The Hall–Kier alpha value is -3.06. The van der Waals surface area contributed by atoms with Crippen LogP contribution >= 0.6 is 0 Å². The molecule has 2 N–H and O–H groups in total. The first-order valence-corrected chi connectivity index (χ1v) is 6.09. The Morgan fingerprint density at radius 1 is 1.05 bits per heavy atom. The van der Waals surface area contributed by atoms with Crippen LogP contribution in [0.15, 0.2) is 54.6 Å². The van der Waals surface area contributed by atoms with Crippen LogP contribution in [0.2, 0.25) is 0 Å². The van der Waals surface area contributed by atoms with Crippen molar-refractivity contribution >= 4 is 16.6 Å². The molecule has 0 amide bonds. The maximum absolute atomic E-state index is 8.86. The van der Waals surface area contributed by atoms with E-state index in [1.807, 2.05) is 18.2 Å². The minimum Gasteiger partial charge on any atom is -0.439 e. The van der Waals surface area contributed by atoms with Crippen molar-refractivity contribution in [3.8, 4) is 17.7 Å². The molecule has 2 aromatic carbocycles. The van der Waals surface area contributed by atoms with E-state index in [0.717, 1.165) is 10.9 Å². The number of aromatic nitrogens is 1. The van der Waals surface area contributed by atoms with Crippen LogP contribution in [0.3, 0.4) is 0 Å². The van der Waals surface area contributed by atoms with Crippen molar-refractivity contribution in [2.45, 2.75) is 0 Å². The fourth-order valence-corrected chi connectivity index (χ4v) is 1.93. The molecule has 1 aromatic heterocycles. The van der Waals surface area contributed by atoms with Gasteiger partial charge < -0.3 is 10.5 Å². The SMILES string of the molecule is N#Cc1cccc(Oc2ccc3cc(N)ccc3n2)c1. The highest BCUT2D eigenvalue weighted by Gasteiger charge is 2.02. The predicted molar refractivity (Wildman–Crippen MR) is 77.4 cm³/mol. The highest BCUT2D eigenvalue weighted by atomic mass is 16.5. The molecule has 0 atom stereocenters. The summed E-state index contributed by atoms with van der Waals surface area (Å²) in [5.41, 5.74) is 7.80. The third-order valence-electron chi connectivity index (χ3n) is 2.87. The van der Waals surface area contributed by atoms with E-state index in [1.165, 1.54) is 0 Å². The third-order valence-corrected chi connectivity index (χ3v) is 2.87. The molecule has 20 heavy (non-hydrogen) atoms. The topological polar surface area (TPSA) is 71.9 Å². The highest BCUT2D eigenvalue weighted by molar-refractivity contribution is 5.82. The van der Waals surface area contributed by atoms with Crippen LogP contribution in [0.25, 0.3) is 10.9 Å². The molecule has 1 heterocycles. The molecule has 0 unspecified atom stereocenters. The molecule has 0 saturated carbocycles. The number of nitrogen functional groups attached to an aromatic ring is 1. The molecule has 0 aliphatic heterocycles. The standard InChI is InChI=1S/C16H11N3O/c17-10-11-2-1-3-14(8-11)20-16-7-4-12-9-13(18)5-6-15(12)19-16/h1-9H,18H2. The average Bonchev–Trinajstić information content (AvgIpc) is 2.47. The van der Waals surface area contributed by atoms with Gasteiger partial charge in [-0.15, -0.1) is 0 Å². The second kappa shape index (κ2) is 4.90. The van der Waals surface area contributed by atoms with Crippen LogP contribution in [0.4, 0.5) is 5.69 Å². The number of nitrogens with zero attached hydrogens (tertiary/aromatic N) is 2. The van der Waals surface area contributed by atoms with Gasteiger partial charge in [-0.1, -0.05) is 6.07 Å². The zero-order chi connectivity index (χ0) is 13.9. The van der Waals surface area contributed by atoms with Crippen molar-refractivity contribution < 1.29 is 4.74 Å². The number of anilines is 1. The molecular formula is C16H11N3O. The number of nitrogens with two attached hydrogens (primary N) is 1. The predicted octanol–water partition coefficient (Wildman–Crippen LogP) is 3.48. The van der Waals surface area contributed by atoms with Crippen molar-refractivity contribution in [3.05, 3.63) is 60.2 Å². The summed E-state index contributed by atoms with van der Waals surface area (Å²) in [6.07, 6.45) is 0. The van der Waals surface area contributed by atoms with Crippen molar-refractivity contribution in [3.63, 3.8) is 0 Å². The first-order chi connectivity index (χ1) is 9.74. The van der Waals surface area contributed by atoms with Gasteiger partial charge in [0.1, 0.15) is 5.75 Å². The van der Waals surface area contributed by atoms with Crippen molar-refractivity contribution in [2.75, 3.05) is 5.73 Å². The molecule has 0 bridgehead atoms. The van der Waals surface area contributed by atoms with Gasteiger partial charge in [0.05, 0.1) is 17.1 Å². The molecule has 4 heteroatoms. The van der Waals surface area contributed by atoms with Gasteiger partial charge in [0.15, 0.2) is 0 Å². The normalized spacial score (nSPS) is 10.2. The lowest BCUT2D eigenvalue weighted by Crippen LogP contribution is -1.90. The molecule has 0 spiro atoms. The van der Waals surface area contributed by atoms with E-state index in [9.17, 15) is 0 Å². The molecule has 4 nitrogen and oxygen atoms in total. The van der Waals surface area contributed by atoms with Crippen LogP contribution in [0.5, 0.6) is 11.6 Å². The Bertz CT molecular complexity index is 821. The Kier molecular flexibility index (Phi) is 2.94. The second-order valence-electron chi connectivity index (χ2n) is 4.34. The smallest absolute Gasteiger partial charge is 0.219 e. The second-order valence-corrected chi connectivity index (χ2v) is 4.34. The molecule has 0 aliphatic rings. The van der Waals surface area contributed by atoms with E-state index >= 15 is 0 Å². The lowest BCUT2D eigenvalue weighted by molar-refractivity contribution is 0.465. The minimum atomic E-state index is 0.484. The number of hydrogen-bond donors (Lipinski definition) is 1. The number of pyridine rings is 1. The Morgan fingerprint density at radius 2 is 1.95 bits per heavy atom. The van der Waals surface area contributed by atoms with Gasteiger partial charge in [-0.2, -0.15) is 5.26 Å².